The van der Waals surface area contributed by atoms with E-state index < -0.39 is 0 Å². The number of rotatable bonds is 3. The normalized spacial score (nSPS) is 17.8. The van der Waals surface area contributed by atoms with E-state index in [1.165, 1.54) is 30.4 Å². The minimum atomic E-state index is 0.255. The smallest absolute Gasteiger partial charge is 0.226 e. The molecule has 124 valence electrons. The molecule has 0 radical (unpaired) electrons. The fourth-order valence-corrected chi connectivity index (χ4v) is 3.97. The second kappa shape index (κ2) is 6.71. The number of piperidine rings is 1. The molecule has 4 nitrogen and oxygen atoms in total. The first-order chi connectivity index (χ1) is 11.8. The van der Waals surface area contributed by atoms with Crippen molar-refractivity contribution in [3.8, 4) is 0 Å². The van der Waals surface area contributed by atoms with Gasteiger partial charge in [0.1, 0.15) is 0 Å². The number of aromatic nitrogens is 2. The summed E-state index contributed by atoms with van der Waals surface area (Å²) in [6.07, 6.45) is 11.4. The van der Waals surface area contributed by atoms with E-state index in [-0.39, 0.29) is 5.91 Å². The van der Waals surface area contributed by atoms with Crippen molar-refractivity contribution in [2.24, 2.45) is 0 Å². The molecule has 1 aromatic carbocycles. The molecule has 0 saturated carbocycles. The van der Waals surface area contributed by atoms with Gasteiger partial charge in [-0.2, -0.15) is 0 Å². The van der Waals surface area contributed by atoms with Crippen LogP contribution in [0.15, 0.2) is 36.8 Å². The summed E-state index contributed by atoms with van der Waals surface area (Å²) >= 11 is 0. The molecule has 2 aromatic rings. The summed E-state index contributed by atoms with van der Waals surface area (Å²) in [7, 11) is 0. The van der Waals surface area contributed by atoms with Crippen LogP contribution in [0.5, 0.6) is 0 Å². The number of nitrogens with zero attached hydrogens (tertiary/aromatic N) is 3. The number of amides is 1. The number of carbonyl (C=O) groups is 1. The second-order valence-corrected chi connectivity index (χ2v) is 6.92. The van der Waals surface area contributed by atoms with Gasteiger partial charge in [-0.3, -0.25) is 14.8 Å². The minimum Gasteiger partial charge on any atom is -0.342 e. The maximum Gasteiger partial charge on any atom is 0.226 e. The highest BCUT2D eigenvalue weighted by molar-refractivity contribution is 5.79. The van der Waals surface area contributed by atoms with Crippen molar-refractivity contribution in [3.05, 3.63) is 59.2 Å². The van der Waals surface area contributed by atoms with Crippen LogP contribution in [0.4, 0.5) is 0 Å². The van der Waals surface area contributed by atoms with Crippen LogP contribution in [-0.4, -0.2) is 33.9 Å². The quantitative estimate of drug-likeness (QED) is 0.873. The Bertz CT molecular complexity index is 721. The standard InChI is InChI=1S/C20H23N3O/c24-20(13-15-4-5-16-2-1-3-18(16)12-15)23-10-6-17(7-11-23)19-14-21-8-9-22-19/h4-5,8-9,12,14,17H,1-3,6-7,10-11,13H2. The van der Waals surface area contributed by atoms with Gasteiger partial charge < -0.3 is 4.90 Å². The predicted molar refractivity (Wildman–Crippen MR) is 92.8 cm³/mol. The maximum absolute atomic E-state index is 12.6. The van der Waals surface area contributed by atoms with Gasteiger partial charge in [0.15, 0.2) is 0 Å². The number of aryl methyl sites for hydroxylation is 2. The summed E-state index contributed by atoms with van der Waals surface area (Å²) in [6, 6.07) is 6.59. The molecular formula is C20H23N3O. The molecule has 24 heavy (non-hydrogen) atoms. The molecular weight excluding hydrogens is 298 g/mol. The highest BCUT2D eigenvalue weighted by Crippen LogP contribution is 2.27. The third-order valence-corrected chi connectivity index (χ3v) is 5.37. The molecule has 2 heterocycles. The van der Waals surface area contributed by atoms with E-state index in [9.17, 15) is 4.79 Å². The number of hydrogen-bond acceptors (Lipinski definition) is 3. The average molecular weight is 321 g/mol. The van der Waals surface area contributed by atoms with Crippen LogP contribution in [0.1, 0.15) is 47.6 Å². The van der Waals surface area contributed by atoms with Crippen LogP contribution >= 0.6 is 0 Å². The van der Waals surface area contributed by atoms with Crippen molar-refractivity contribution in [1.29, 1.82) is 0 Å². The van der Waals surface area contributed by atoms with Crippen molar-refractivity contribution in [2.75, 3.05) is 13.1 Å². The van der Waals surface area contributed by atoms with Crippen LogP contribution in [0.2, 0.25) is 0 Å². The van der Waals surface area contributed by atoms with Crippen LogP contribution in [0.25, 0.3) is 0 Å². The molecule has 1 aliphatic carbocycles. The summed E-state index contributed by atoms with van der Waals surface area (Å²) in [6.45, 7) is 1.65. The van der Waals surface area contributed by atoms with Crippen LogP contribution in [0.3, 0.4) is 0 Å². The molecule has 1 amide bonds. The van der Waals surface area contributed by atoms with Gasteiger partial charge in [0.25, 0.3) is 0 Å². The monoisotopic (exact) mass is 321 g/mol. The summed E-state index contributed by atoms with van der Waals surface area (Å²) < 4.78 is 0. The number of carbonyl (C=O) groups excluding carboxylic acids is 1. The second-order valence-electron chi connectivity index (χ2n) is 6.92. The molecule has 4 heteroatoms. The Hall–Kier alpha value is -2.23. The molecule has 0 bridgehead atoms. The zero-order chi connectivity index (χ0) is 16.4. The van der Waals surface area contributed by atoms with E-state index in [0.29, 0.717) is 12.3 Å². The maximum atomic E-state index is 12.6. The van der Waals surface area contributed by atoms with Crippen LogP contribution in [-0.2, 0) is 24.1 Å². The molecule has 0 spiro atoms. The van der Waals surface area contributed by atoms with E-state index in [1.807, 2.05) is 11.1 Å². The summed E-state index contributed by atoms with van der Waals surface area (Å²) in [4.78, 5) is 23.2. The Kier molecular flexibility index (Phi) is 4.28. The highest BCUT2D eigenvalue weighted by atomic mass is 16.2. The average Bonchev–Trinajstić information content (AvgIpc) is 3.10. The van der Waals surface area contributed by atoms with Gasteiger partial charge in [-0.05, 0) is 48.8 Å². The van der Waals surface area contributed by atoms with E-state index in [2.05, 4.69) is 28.2 Å². The number of likely N-dealkylation sites (tertiary alicyclic amines) is 1. The minimum absolute atomic E-state index is 0.255. The van der Waals surface area contributed by atoms with Crippen molar-refractivity contribution >= 4 is 5.91 Å². The van der Waals surface area contributed by atoms with Crippen molar-refractivity contribution in [2.45, 2.75) is 44.4 Å². The fraction of sp³-hybridized carbons (Fsp3) is 0.450. The third-order valence-electron chi connectivity index (χ3n) is 5.37. The van der Waals surface area contributed by atoms with Crippen molar-refractivity contribution < 1.29 is 4.79 Å². The van der Waals surface area contributed by atoms with Gasteiger partial charge in [0.2, 0.25) is 5.91 Å². The summed E-state index contributed by atoms with van der Waals surface area (Å²) in [5.41, 5.74) is 5.14. The lowest BCUT2D eigenvalue weighted by Gasteiger charge is -2.31. The topological polar surface area (TPSA) is 46.1 Å². The molecule has 4 rings (SSSR count). The van der Waals surface area contributed by atoms with Gasteiger partial charge >= 0.3 is 0 Å². The predicted octanol–water partition coefficient (Wildman–Crippen LogP) is 2.91. The molecule has 0 N–H and O–H groups in total. The Balaban J connectivity index is 1.35. The van der Waals surface area contributed by atoms with Gasteiger partial charge in [-0.1, -0.05) is 18.2 Å². The Morgan fingerprint density at radius 1 is 1.12 bits per heavy atom. The molecule has 2 aliphatic rings. The fourth-order valence-electron chi connectivity index (χ4n) is 3.97. The Morgan fingerprint density at radius 2 is 1.96 bits per heavy atom. The van der Waals surface area contributed by atoms with E-state index in [4.69, 9.17) is 0 Å². The zero-order valence-electron chi connectivity index (χ0n) is 13.9. The Labute approximate surface area is 142 Å². The lowest BCUT2D eigenvalue weighted by Crippen LogP contribution is -2.38. The van der Waals surface area contributed by atoms with E-state index >= 15 is 0 Å². The van der Waals surface area contributed by atoms with Crippen molar-refractivity contribution in [1.82, 2.24) is 14.9 Å². The van der Waals surface area contributed by atoms with Gasteiger partial charge in [-0.25, -0.2) is 0 Å². The first-order valence-electron chi connectivity index (χ1n) is 8.94. The zero-order valence-corrected chi connectivity index (χ0v) is 13.9. The molecule has 1 saturated heterocycles. The van der Waals surface area contributed by atoms with Gasteiger partial charge in [0, 0.05) is 37.6 Å². The summed E-state index contributed by atoms with van der Waals surface area (Å²) in [5.74, 6) is 0.688. The number of hydrogen-bond donors (Lipinski definition) is 0. The lowest BCUT2D eigenvalue weighted by atomic mass is 9.93. The first-order valence-corrected chi connectivity index (χ1v) is 8.94. The third kappa shape index (κ3) is 3.18. The highest BCUT2D eigenvalue weighted by Gasteiger charge is 2.24. The van der Waals surface area contributed by atoms with Crippen LogP contribution in [0, 0.1) is 0 Å². The Morgan fingerprint density at radius 3 is 2.75 bits per heavy atom. The largest absolute Gasteiger partial charge is 0.342 e. The van der Waals surface area contributed by atoms with Gasteiger partial charge in [0.05, 0.1) is 12.1 Å². The molecule has 1 aromatic heterocycles. The van der Waals surface area contributed by atoms with E-state index in [0.717, 1.165) is 37.2 Å². The molecule has 1 fully saturated rings. The first kappa shape index (κ1) is 15.3. The van der Waals surface area contributed by atoms with Gasteiger partial charge in [-0.15, -0.1) is 0 Å². The number of fused-ring (bicyclic) bond motifs is 1. The van der Waals surface area contributed by atoms with Crippen LogP contribution < -0.4 is 0 Å². The number of benzene rings is 1. The lowest BCUT2D eigenvalue weighted by molar-refractivity contribution is -0.131. The summed E-state index contributed by atoms with van der Waals surface area (Å²) in [5, 5.41) is 0. The molecule has 0 atom stereocenters. The van der Waals surface area contributed by atoms with E-state index in [1.54, 1.807) is 12.4 Å². The molecule has 1 aliphatic heterocycles. The van der Waals surface area contributed by atoms with Crippen molar-refractivity contribution in [3.63, 3.8) is 0 Å². The molecule has 0 unspecified atom stereocenters. The SMILES string of the molecule is O=C(Cc1ccc2c(c1)CCC2)N1CCC(c2cnccn2)CC1.